The number of carboxylic acids is 1. The van der Waals surface area contributed by atoms with Crippen molar-refractivity contribution in [1.82, 2.24) is 4.98 Å². The Labute approximate surface area is 108 Å². The zero-order valence-corrected chi connectivity index (χ0v) is 11.6. The third-order valence-electron chi connectivity index (χ3n) is 2.05. The fourth-order valence-electron chi connectivity index (χ4n) is 1.14. The highest BCUT2D eigenvalue weighted by molar-refractivity contribution is 8.01. The number of rotatable bonds is 7. The van der Waals surface area contributed by atoms with Gasteiger partial charge in [-0.2, -0.15) is 0 Å². The van der Waals surface area contributed by atoms with E-state index < -0.39 is 5.97 Å². The molecule has 1 heterocycles. The molecular formula is C10H15NO4S2. The highest BCUT2D eigenvalue weighted by Gasteiger charge is 2.13. The molecule has 0 amide bonds. The summed E-state index contributed by atoms with van der Waals surface area (Å²) in [4.78, 5) is 15.7. The van der Waals surface area contributed by atoms with Gasteiger partial charge >= 0.3 is 5.97 Å². The Hall–Kier alpha value is -0.630. The van der Waals surface area contributed by atoms with Crippen molar-refractivity contribution in [3.63, 3.8) is 0 Å². The van der Waals surface area contributed by atoms with Crippen molar-refractivity contribution in [2.45, 2.75) is 24.0 Å². The summed E-state index contributed by atoms with van der Waals surface area (Å²) in [6.07, 6.45) is -0.241. The van der Waals surface area contributed by atoms with Crippen LogP contribution in [-0.2, 0) is 20.7 Å². The fraction of sp³-hybridized carbons (Fsp3) is 0.600. The standard InChI is InChI=1S/C10H15NO4S2/c1-6-7(4-8(12)13)17-10(11-6)16-5-9(14-2)15-3/h9H,4-5H2,1-3H3,(H,12,13). The molecule has 7 heteroatoms. The van der Waals surface area contributed by atoms with Gasteiger partial charge in [0.15, 0.2) is 10.6 Å². The lowest BCUT2D eigenvalue weighted by Gasteiger charge is -2.10. The van der Waals surface area contributed by atoms with Crippen LogP contribution in [0, 0.1) is 6.92 Å². The molecule has 0 atom stereocenters. The summed E-state index contributed by atoms with van der Waals surface area (Å²) < 4.78 is 11.0. The van der Waals surface area contributed by atoms with E-state index in [0.29, 0.717) is 5.75 Å². The number of aromatic nitrogens is 1. The molecule has 1 aromatic rings. The molecule has 1 N–H and O–H groups in total. The number of aliphatic carboxylic acids is 1. The molecule has 0 bridgehead atoms. The quantitative estimate of drug-likeness (QED) is 0.605. The highest BCUT2D eigenvalue weighted by Crippen LogP contribution is 2.28. The minimum atomic E-state index is -0.833. The predicted octanol–water partition coefficient (Wildman–Crippen LogP) is 1.79. The molecule has 1 aromatic heterocycles. The monoisotopic (exact) mass is 277 g/mol. The summed E-state index contributed by atoms with van der Waals surface area (Å²) in [6, 6.07) is 0. The van der Waals surface area contributed by atoms with E-state index in [0.717, 1.165) is 14.9 Å². The van der Waals surface area contributed by atoms with Crippen LogP contribution in [0.5, 0.6) is 0 Å². The van der Waals surface area contributed by atoms with Crippen LogP contribution >= 0.6 is 23.1 Å². The van der Waals surface area contributed by atoms with Crippen molar-refractivity contribution in [3.05, 3.63) is 10.6 Å². The average Bonchev–Trinajstić information content (AvgIpc) is 2.60. The van der Waals surface area contributed by atoms with Gasteiger partial charge in [0, 0.05) is 19.1 Å². The van der Waals surface area contributed by atoms with Gasteiger partial charge in [0.25, 0.3) is 0 Å². The van der Waals surface area contributed by atoms with Crippen LogP contribution in [0.3, 0.4) is 0 Å². The molecule has 0 aromatic carbocycles. The van der Waals surface area contributed by atoms with Crippen LogP contribution in [-0.4, -0.2) is 42.3 Å². The number of carboxylic acid groups (broad SMARTS) is 1. The first-order chi connectivity index (χ1) is 8.06. The van der Waals surface area contributed by atoms with Crippen molar-refractivity contribution < 1.29 is 19.4 Å². The number of methoxy groups -OCH3 is 2. The van der Waals surface area contributed by atoms with Crippen molar-refractivity contribution in [3.8, 4) is 0 Å². The number of ether oxygens (including phenoxy) is 2. The summed E-state index contributed by atoms with van der Waals surface area (Å²) in [5.74, 6) is -0.202. The molecule has 0 aliphatic rings. The van der Waals surface area contributed by atoms with E-state index in [9.17, 15) is 4.79 Å². The second-order valence-electron chi connectivity index (χ2n) is 3.27. The first kappa shape index (κ1) is 14.4. The van der Waals surface area contributed by atoms with Crippen molar-refractivity contribution in [2.75, 3.05) is 20.0 Å². The van der Waals surface area contributed by atoms with E-state index in [1.165, 1.54) is 23.1 Å². The van der Waals surface area contributed by atoms with E-state index in [4.69, 9.17) is 14.6 Å². The summed E-state index contributed by atoms with van der Waals surface area (Å²) >= 11 is 2.91. The lowest BCUT2D eigenvalue weighted by Crippen LogP contribution is -2.15. The summed E-state index contributed by atoms with van der Waals surface area (Å²) in [5, 5.41) is 8.73. The number of thiazole rings is 1. The molecule has 96 valence electrons. The minimum absolute atomic E-state index is 0.0298. The maximum Gasteiger partial charge on any atom is 0.308 e. The number of hydrogen-bond acceptors (Lipinski definition) is 6. The molecule has 0 saturated heterocycles. The molecule has 0 unspecified atom stereocenters. The molecule has 17 heavy (non-hydrogen) atoms. The van der Waals surface area contributed by atoms with Gasteiger partial charge in [0.05, 0.1) is 17.9 Å². The van der Waals surface area contributed by atoms with Gasteiger partial charge in [-0.1, -0.05) is 11.8 Å². The van der Waals surface area contributed by atoms with Crippen LogP contribution in [0.15, 0.2) is 4.34 Å². The number of thioether (sulfide) groups is 1. The molecule has 1 rings (SSSR count). The molecule has 0 fully saturated rings. The maximum atomic E-state index is 10.6. The SMILES string of the molecule is COC(CSc1nc(C)c(CC(=O)O)s1)OC. The molecular weight excluding hydrogens is 262 g/mol. The number of nitrogens with zero attached hydrogens (tertiary/aromatic N) is 1. The lowest BCUT2D eigenvalue weighted by molar-refractivity contribution is -0.136. The van der Waals surface area contributed by atoms with Crippen molar-refractivity contribution in [2.24, 2.45) is 0 Å². The fourth-order valence-corrected chi connectivity index (χ4v) is 3.41. The zero-order chi connectivity index (χ0) is 12.8. The van der Waals surface area contributed by atoms with Crippen LogP contribution in [0.2, 0.25) is 0 Å². The summed E-state index contributed by atoms with van der Waals surface area (Å²) in [7, 11) is 3.16. The topological polar surface area (TPSA) is 68.7 Å². The minimum Gasteiger partial charge on any atom is -0.481 e. The largest absolute Gasteiger partial charge is 0.481 e. The molecule has 5 nitrogen and oxygen atoms in total. The average molecular weight is 277 g/mol. The van der Waals surface area contributed by atoms with E-state index in [1.54, 1.807) is 14.2 Å². The Morgan fingerprint density at radius 1 is 1.53 bits per heavy atom. The van der Waals surface area contributed by atoms with Gasteiger partial charge in [0.2, 0.25) is 0 Å². The van der Waals surface area contributed by atoms with Crippen LogP contribution in [0.1, 0.15) is 10.6 Å². The van der Waals surface area contributed by atoms with E-state index in [1.807, 2.05) is 6.92 Å². The number of carbonyl (C=O) groups is 1. The Kier molecular flexibility index (Phi) is 5.90. The maximum absolute atomic E-state index is 10.6. The molecule has 0 radical (unpaired) electrons. The molecule has 0 aliphatic carbocycles. The van der Waals surface area contributed by atoms with Gasteiger partial charge in [-0.05, 0) is 6.92 Å². The van der Waals surface area contributed by atoms with Crippen molar-refractivity contribution in [1.29, 1.82) is 0 Å². The predicted molar refractivity (Wildman–Crippen MR) is 66.7 cm³/mol. The summed E-state index contributed by atoms with van der Waals surface area (Å²) in [6.45, 7) is 1.82. The van der Waals surface area contributed by atoms with E-state index >= 15 is 0 Å². The second-order valence-corrected chi connectivity index (χ2v) is 5.62. The van der Waals surface area contributed by atoms with Crippen molar-refractivity contribution >= 4 is 29.1 Å². The van der Waals surface area contributed by atoms with Gasteiger partial charge < -0.3 is 14.6 Å². The van der Waals surface area contributed by atoms with Crippen LogP contribution in [0.25, 0.3) is 0 Å². The van der Waals surface area contributed by atoms with Gasteiger partial charge in [-0.25, -0.2) is 4.98 Å². The smallest absolute Gasteiger partial charge is 0.308 e. The molecule has 0 saturated carbocycles. The first-order valence-corrected chi connectivity index (χ1v) is 6.73. The van der Waals surface area contributed by atoms with E-state index in [2.05, 4.69) is 4.98 Å². The third kappa shape index (κ3) is 4.63. The Morgan fingerprint density at radius 3 is 2.71 bits per heavy atom. The summed E-state index contributed by atoms with van der Waals surface area (Å²) in [5.41, 5.74) is 0.784. The second kappa shape index (κ2) is 6.95. The Bertz CT molecular complexity index is 376. The lowest BCUT2D eigenvalue weighted by atomic mass is 10.3. The molecule has 0 aliphatic heterocycles. The van der Waals surface area contributed by atoms with Gasteiger partial charge in [0.1, 0.15) is 0 Å². The Balaban J connectivity index is 2.57. The highest BCUT2D eigenvalue weighted by atomic mass is 32.2. The Morgan fingerprint density at radius 2 is 2.18 bits per heavy atom. The van der Waals surface area contributed by atoms with Gasteiger partial charge in [-0.15, -0.1) is 11.3 Å². The normalized spacial score (nSPS) is 11.1. The molecule has 0 spiro atoms. The van der Waals surface area contributed by atoms with Gasteiger partial charge in [-0.3, -0.25) is 4.79 Å². The number of aryl methyl sites for hydroxylation is 1. The third-order valence-corrected chi connectivity index (χ3v) is 4.39. The van der Waals surface area contributed by atoms with Crippen LogP contribution < -0.4 is 0 Å². The first-order valence-electron chi connectivity index (χ1n) is 4.93. The van der Waals surface area contributed by atoms with E-state index in [-0.39, 0.29) is 12.7 Å². The zero-order valence-electron chi connectivity index (χ0n) is 9.93. The van der Waals surface area contributed by atoms with Crippen LogP contribution in [0.4, 0.5) is 0 Å². The number of hydrogen-bond donors (Lipinski definition) is 1.